The number of para-hydroxylation sites is 1. The molecule has 148 valence electrons. The summed E-state index contributed by atoms with van der Waals surface area (Å²) in [5.41, 5.74) is 2.75. The molecule has 0 radical (unpaired) electrons. The molecule has 1 aromatic heterocycles. The second-order valence-corrected chi connectivity index (χ2v) is 7.62. The average Bonchev–Trinajstić information content (AvgIpc) is 3.15. The second-order valence-electron chi connectivity index (χ2n) is 6.85. The van der Waals surface area contributed by atoms with Crippen molar-refractivity contribution in [1.29, 1.82) is 0 Å². The number of benzene rings is 2. The van der Waals surface area contributed by atoms with Gasteiger partial charge in [-0.2, -0.15) is 0 Å². The predicted molar refractivity (Wildman–Crippen MR) is 118 cm³/mol. The Morgan fingerprint density at radius 1 is 1.17 bits per heavy atom. The molecule has 0 aliphatic carbocycles. The SMILES string of the molecule is CCN1C(=O)/C(=C/c2cn(Cc3c(F)cccc3Cl)c3ccccc23)N(C)C1=S. The molecule has 3 aromatic rings. The smallest absolute Gasteiger partial charge is 0.276 e. The lowest BCUT2D eigenvalue weighted by atomic mass is 10.1. The molecule has 0 atom stereocenters. The van der Waals surface area contributed by atoms with Crippen LogP contribution >= 0.6 is 23.8 Å². The third kappa shape index (κ3) is 3.32. The number of rotatable bonds is 4. The highest BCUT2D eigenvalue weighted by atomic mass is 35.5. The lowest BCUT2D eigenvalue weighted by molar-refractivity contribution is -0.122. The summed E-state index contributed by atoms with van der Waals surface area (Å²) in [5.74, 6) is -0.459. The zero-order valence-corrected chi connectivity index (χ0v) is 17.6. The molecular formula is C22H19ClFN3OS. The molecule has 0 spiro atoms. The van der Waals surface area contributed by atoms with E-state index in [1.165, 1.54) is 6.07 Å². The Hall–Kier alpha value is -2.70. The fourth-order valence-corrected chi connectivity index (χ4v) is 4.15. The van der Waals surface area contributed by atoms with Crippen LogP contribution in [0.2, 0.25) is 5.02 Å². The minimum absolute atomic E-state index is 0.117. The molecule has 0 saturated carbocycles. The quantitative estimate of drug-likeness (QED) is 0.438. The van der Waals surface area contributed by atoms with Crippen LogP contribution in [0.4, 0.5) is 4.39 Å². The summed E-state index contributed by atoms with van der Waals surface area (Å²) < 4.78 is 16.3. The van der Waals surface area contributed by atoms with Crippen molar-refractivity contribution in [2.45, 2.75) is 13.5 Å². The van der Waals surface area contributed by atoms with Crippen molar-refractivity contribution in [3.63, 3.8) is 0 Å². The average molecular weight is 428 g/mol. The molecular weight excluding hydrogens is 409 g/mol. The normalized spacial score (nSPS) is 15.9. The summed E-state index contributed by atoms with van der Waals surface area (Å²) in [4.78, 5) is 16.0. The lowest BCUT2D eigenvalue weighted by Gasteiger charge is -2.13. The summed E-state index contributed by atoms with van der Waals surface area (Å²) in [6.07, 6.45) is 3.76. The number of amides is 1. The molecule has 1 aliphatic rings. The number of likely N-dealkylation sites (N-methyl/N-ethyl adjacent to an activating group) is 2. The van der Waals surface area contributed by atoms with E-state index in [2.05, 4.69) is 0 Å². The van der Waals surface area contributed by atoms with Gasteiger partial charge in [0, 0.05) is 46.8 Å². The van der Waals surface area contributed by atoms with Gasteiger partial charge in [0.2, 0.25) is 0 Å². The van der Waals surface area contributed by atoms with Gasteiger partial charge in [0.1, 0.15) is 11.5 Å². The predicted octanol–water partition coefficient (Wildman–Crippen LogP) is 4.90. The van der Waals surface area contributed by atoms with Gasteiger partial charge in [0.05, 0.1) is 6.54 Å². The van der Waals surface area contributed by atoms with Crippen LogP contribution in [-0.4, -0.2) is 39.0 Å². The monoisotopic (exact) mass is 427 g/mol. The largest absolute Gasteiger partial charge is 0.342 e. The van der Waals surface area contributed by atoms with E-state index in [0.717, 1.165) is 16.5 Å². The van der Waals surface area contributed by atoms with E-state index in [0.29, 0.717) is 34.5 Å². The molecule has 0 unspecified atom stereocenters. The first-order chi connectivity index (χ1) is 13.9. The lowest BCUT2D eigenvalue weighted by Crippen LogP contribution is -2.30. The molecule has 0 N–H and O–H groups in total. The Labute approximate surface area is 178 Å². The van der Waals surface area contributed by atoms with Crippen LogP contribution in [0.3, 0.4) is 0 Å². The maximum absolute atomic E-state index is 14.3. The third-order valence-corrected chi connectivity index (χ3v) is 6.01. The number of carbonyl (C=O) groups is 1. The van der Waals surface area contributed by atoms with Crippen molar-refractivity contribution in [3.05, 3.63) is 76.3 Å². The molecule has 29 heavy (non-hydrogen) atoms. The number of fused-ring (bicyclic) bond motifs is 1. The van der Waals surface area contributed by atoms with Crippen LogP contribution in [0.15, 0.2) is 54.4 Å². The van der Waals surface area contributed by atoms with Crippen LogP contribution in [-0.2, 0) is 11.3 Å². The summed E-state index contributed by atoms with van der Waals surface area (Å²) in [7, 11) is 1.79. The van der Waals surface area contributed by atoms with Gasteiger partial charge in [-0.3, -0.25) is 9.69 Å². The van der Waals surface area contributed by atoms with E-state index >= 15 is 0 Å². The number of halogens is 2. The molecule has 1 amide bonds. The van der Waals surface area contributed by atoms with E-state index in [1.54, 1.807) is 29.0 Å². The molecule has 4 rings (SSSR count). The van der Waals surface area contributed by atoms with Crippen molar-refractivity contribution < 1.29 is 9.18 Å². The summed E-state index contributed by atoms with van der Waals surface area (Å²) in [6.45, 7) is 2.70. The molecule has 1 saturated heterocycles. The van der Waals surface area contributed by atoms with Gasteiger partial charge in [-0.1, -0.05) is 35.9 Å². The molecule has 4 nitrogen and oxygen atoms in total. The van der Waals surface area contributed by atoms with Crippen molar-refractivity contribution >= 4 is 51.8 Å². The van der Waals surface area contributed by atoms with Gasteiger partial charge in [-0.25, -0.2) is 4.39 Å². The number of thiocarbonyl (C=S) groups is 1. The van der Waals surface area contributed by atoms with Crippen molar-refractivity contribution in [2.24, 2.45) is 0 Å². The van der Waals surface area contributed by atoms with Gasteiger partial charge in [-0.15, -0.1) is 0 Å². The Morgan fingerprint density at radius 2 is 1.93 bits per heavy atom. The van der Waals surface area contributed by atoms with Crippen LogP contribution in [0.5, 0.6) is 0 Å². The maximum Gasteiger partial charge on any atom is 0.276 e. The molecule has 2 heterocycles. The molecule has 2 aromatic carbocycles. The first-order valence-electron chi connectivity index (χ1n) is 9.24. The number of hydrogen-bond acceptors (Lipinski definition) is 2. The van der Waals surface area contributed by atoms with Gasteiger partial charge < -0.3 is 9.47 Å². The minimum atomic E-state index is -0.343. The number of aromatic nitrogens is 1. The van der Waals surface area contributed by atoms with E-state index in [1.807, 2.05) is 48.0 Å². The van der Waals surface area contributed by atoms with Crippen LogP contribution in [0.25, 0.3) is 17.0 Å². The molecule has 7 heteroatoms. The highest BCUT2D eigenvalue weighted by Crippen LogP contribution is 2.29. The molecule has 0 bridgehead atoms. The van der Waals surface area contributed by atoms with Gasteiger partial charge in [0.15, 0.2) is 5.11 Å². The van der Waals surface area contributed by atoms with E-state index in [4.69, 9.17) is 23.8 Å². The topological polar surface area (TPSA) is 28.5 Å². The fourth-order valence-electron chi connectivity index (χ4n) is 3.61. The first kappa shape index (κ1) is 19.6. The number of carbonyl (C=O) groups excluding carboxylic acids is 1. The van der Waals surface area contributed by atoms with E-state index < -0.39 is 0 Å². The van der Waals surface area contributed by atoms with E-state index in [9.17, 15) is 9.18 Å². The zero-order valence-electron chi connectivity index (χ0n) is 16.0. The summed E-state index contributed by atoms with van der Waals surface area (Å²) in [5, 5.41) is 1.84. The standard InChI is InChI=1S/C22H19ClFN3OS/c1-3-27-21(28)20(25(2)22(27)29)11-14-12-26(19-10-5-4-7-15(14)19)13-16-17(23)8-6-9-18(16)24/h4-12H,3,13H2,1-2H3/b20-11-. The number of nitrogens with zero attached hydrogens (tertiary/aromatic N) is 3. The Bertz CT molecular complexity index is 1150. The van der Waals surface area contributed by atoms with Crippen LogP contribution < -0.4 is 0 Å². The highest BCUT2D eigenvalue weighted by Gasteiger charge is 2.34. The molecule has 1 aliphatic heterocycles. The third-order valence-electron chi connectivity index (χ3n) is 5.16. The van der Waals surface area contributed by atoms with Crippen LogP contribution in [0.1, 0.15) is 18.1 Å². The summed E-state index contributed by atoms with van der Waals surface area (Å²) in [6, 6.07) is 12.5. The zero-order chi connectivity index (χ0) is 20.7. The molecule has 1 fully saturated rings. The van der Waals surface area contributed by atoms with Crippen molar-refractivity contribution in [2.75, 3.05) is 13.6 Å². The fraction of sp³-hybridized carbons (Fsp3) is 0.182. The van der Waals surface area contributed by atoms with E-state index in [-0.39, 0.29) is 11.7 Å². The Morgan fingerprint density at radius 3 is 2.62 bits per heavy atom. The highest BCUT2D eigenvalue weighted by molar-refractivity contribution is 7.80. The Balaban J connectivity index is 1.82. The van der Waals surface area contributed by atoms with Crippen LogP contribution in [0, 0.1) is 5.82 Å². The van der Waals surface area contributed by atoms with Gasteiger partial charge in [0.25, 0.3) is 5.91 Å². The Kier molecular flexibility index (Phi) is 5.15. The van der Waals surface area contributed by atoms with Gasteiger partial charge in [-0.05, 0) is 43.4 Å². The minimum Gasteiger partial charge on any atom is -0.342 e. The van der Waals surface area contributed by atoms with Crippen molar-refractivity contribution in [1.82, 2.24) is 14.4 Å². The maximum atomic E-state index is 14.3. The summed E-state index contributed by atoms with van der Waals surface area (Å²) >= 11 is 11.6. The number of hydrogen-bond donors (Lipinski definition) is 0. The van der Waals surface area contributed by atoms with Crippen molar-refractivity contribution in [3.8, 4) is 0 Å². The first-order valence-corrected chi connectivity index (χ1v) is 10.0. The second kappa shape index (κ2) is 7.61. The van der Waals surface area contributed by atoms with Gasteiger partial charge >= 0.3 is 0 Å².